The number of ether oxygens (including phenoxy) is 3. The van der Waals surface area contributed by atoms with E-state index in [2.05, 4.69) is 15.4 Å². The Kier molecular flexibility index (Phi) is 14.9. The monoisotopic (exact) mass is 757 g/mol. The highest BCUT2D eigenvalue weighted by Gasteiger charge is 2.27. The molecule has 0 bridgehead atoms. The Labute approximate surface area is 295 Å². The molecule has 0 aliphatic carbocycles. The molecule has 15 nitrogen and oxygen atoms in total. The molecule has 3 rings (SSSR count). The number of hydrogen-bond donors (Lipinski definition) is 4. The Morgan fingerprint density at radius 2 is 1.57 bits per heavy atom. The number of Topliss-reactive ketones (excluding diaryl/α,β-unsaturated/α-hetero) is 1. The molecular weight excluding hydrogens is 724 g/mol. The second kappa shape index (κ2) is 18.8. The van der Waals surface area contributed by atoms with Gasteiger partial charge in [-0.15, -0.1) is 0 Å². The van der Waals surface area contributed by atoms with Crippen molar-refractivity contribution in [2.45, 2.75) is 58.2 Å². The molecule has 4 N–H and O–H groups in total. The van der Waals surface area contributed by atoms with E-state index in [1.807, 2.05) is 4.72 Å². The van der Waals surface area contributed by atoms with Gasteiger partial charge in [0.25, 0.3) is 0 Å². The van der Waals surface area contributed by atoms with Gasteiger partial charge in [0.15, 0.2) is 5.78 Å². The smallest absolute Gasteiger partial charge is 0.447 e. The fraction of sp³-hybridized carbons (Fsp3) is 0.344. The standard InChI is InChI=1S/C32H34ClF2N3O12S/c1-18(37-19(2)30(41)20-10-21(34)12-22(35)11-20)16-48-28(39)7-3-4-8-29(40)49-17-50-32(44)51(45,46)38-27-13-24(31(42)43)26(14-25(27)33)36-15-23-6-5-9-47-23/h5-6,9-14,18-19,36-38H,3-4,7-8,15-17H2,1-2H3,(H,42,43). The summed E-state index contributed by atoms with van der Waals surface area (Å²) in [6, 6.07) is 6.49. The fourth-order valence-electron chi connectivity index (χ4n) is 4.38. The van der Waals surface area contributed by atoms with Gasteiger partial charge in [0.1, 0.15) is 24.0 Å². The molecule has 1 aromatic heterocycles. The zero-order valence-corrected chi connectivity index (χ0v) is 28.8. The van der Waals surface area contributed by atoms with Gasteiger partial charge < -0.3 is 34.4 Å². The van der Waals surface area contributed by atoms with Gasteiger partial charge in [0.2, 0.25) is 6.79 Å². The number of carbonyl (C=O) groups excluding carboxylic acids is 4. The van der Waals surface area contributed by atoms with Crippen LogP contribution in [0, 0.1) is 11.6 Å². The quantitative estimate of drug-likeness (QED) is 0.0532. The maximum absolute atomic E-state index is 13.4. The summed E-state index contributed by atoms with van der Waals surface area (Å²) in [5.41, 5.74) is -0.900. The van der Waals surface area contributed by atoms with Gasteiger partial charge in [0, 0.05) is 30.5 Å². The Bertz CT molecular complexity index is 1820. The molecule has 0 aliphatic rings. The van der Waals surface area contributed by atoms with Crippen molar-refractivity contribution in [1.29, 1.82) is 0 Å². The van der Waals surface area contributed by atoms with Crippen molar-refractivity contribution < 1.29 is 64.9 Å². The number of ketones is 1. The van der Waals surface area contributed by atoms with Crippen LogP contribution in [0.3, 0.4) is 0 Å². The molecule has 1 heterocycles. The first-order valence-electron chi connectivity index (χ1n) is 15.2. The molecule has 0 amide bonds. The summed E-state index contributed by atoms with van der Waals surface area (Å²) in [6.07, 6.45) is 1.53. The highest BCUT2D eigenvalue weighted by atomic mass is 35.5. The van der Waals surface area contributed by atoms with E-state index >= 15 is 0 Å². The Balaban J connectivity index is 1.34. The number of esters is 2. The number of furan rings is 1. The van der Waals surface area contributed by atoms with E-state index in [1.54, 1.807) is 19.1 Å². The van der Waals surface area contributed by atoms with Crippen LogP contribution in [0.2, 0.25) is 5.02 Å². The molecule has 2 aromatic carbocycles. The van der Waals surface area contributed by atoms with Crippen LogP contribution in [-0.2, 0) is 40.4 Å². The summed E-state index contributed by atoms with van der Waals surface area (Å²) in [4.78, 5) is 60.4. The minimum absolute atomic E-state index is 0.0459. The first kappa shape index (κ1) is 40.4. The molecule has 19 heteroatoms. The van der Waals surface area contributed by atoms with Gasteiger partial charge in [-0.05, 0) is 63.1 Å². The van der Waals surface area contributed by atoms with E-state index in [0.29, 0.717) is 11.8 Å². The number of aromatic carboxylic acids is 1. The third-order valence-electron chi connectivity index (χ3n) is 6.81. The lowest BCUT2D eigenvalue weighted by Gasteiger charge is -2.19. The number of hydrogen-bond acceptors (Lipinski definition) is 13. The predicted molar refractivity (Wildman–Crippen MR) is 177 cm³/mol. The summed E-state index contributed by atoms with van der Waals surface area (Å²) in [7, 11) is -4.92. The lowest BCUT2D eigenvalue weighted by Crippen LogP contribution is -2.42. The van der Waals surface area contributed by atoms with Crippen LogP contribution in [0.25, 0.3) is 0 Å². The van der Waals surface area contributed by atoms with Gasteiger partial charge in [0.05, 0.1) is 40.8 Å². The van der Waals surface area contributed by atoms with Crippen molar-refractivity contribution in [3.8, 4) is 0 Å². The molecule has 0 saturated carbocycles. The van der Waals surface area contributed by atoms with Gasteiger partial charge in [-0.1, -0.05) is 11.6 Å². The Morgan fingerprint density at radius 1 is 0.922 bits per heavy atom. The first-order chi connectivity index (χ1) is 24.0. The summed E-state index contributed by atoms with van der Waals surface area (Å²) < 4.78 is 73.1. The fourth-order valence-corrected chi connectivity index (χ4v) is 5.39. The van der Waals surface area contributed by atoms with Crippen molar-refractivity contribution in [3.63, 3.8) is 0 Å². The number of halogens is 3. The van der Waals surface area contributed by atoms with Gasteiger partial charge in [-0.3, -0.25) is 19.1 Å². The molecule has 276 valence electrons. The van der Waals surface area contributed by atoms with Gasteiger partial charge in [-0.25, -0.2) is 18.4 Å². The van der Waals surface area contributed by atoms with E-state index in [0.717, 1.165) is 24.3 Å². The molecular formula is C32H34ClF2N3O12S. The zero-order chi connectivity index (χ0) is 37.7. The minimum Gasteiger partial charge on any atom is -0.478 e. The Hall–Kier alpha value is -5.07. The van der Waals surface area contributed by atoms with Gasteiger partial charge >= 0.3 is 33.2 Å². The first-order valence-corrected chi connectivity index (χ1v) is 17.0. The van der Waals surface area contributed by atoms with Gasteiger partial charge in [-0.2, -0.15) is 8.42 Å². The van der Waals surface area contributed by atoms with Crippen LogP contribution in [0.5, 0.6) is 0 Å². The molecule has 0 spiro atoms. The van der Waals surface area contributed by atoms with Crippen molar-refractivity contribution >= 4 is 62.0 Å². The second-order valence-electron chi connectivity index (χ2n) is 11.0. The van der Waals surface area contributed by atoms with E-state index in [-0.39, 0.29) is 60.7 Å². The molecule has 3 aromatic rings. The molecule has 2 unspecified atom stereocenters. The topological polar surface area (TPSA) is 217 Å². The van der Waals surface area contributed by atoms with Crippen LogP contribution in [-0.4, -0.2) is 68.0 Å². The third kappa shape index (κ3) is 13.0. The second-order valence-corrected chi connectivity index (χ2v) is 12.9. The van der Waals surface area contributed by atoms with Crippen LogP contribution >= 0.6 is 11.6 Å². The lowest BCUT2D eigenvalue weighted by molar-refractivity contribution is -0.152. The molecule has 2 atom stereocenters. The zero-order valence-electron chi connectivity index (χ0n) is 27.2. The average molecular weight is 758 g/mol. The van der Waals surface area contributed by atoms with E-state index in [9.17, 15) is 46.3 Å². The van der Waals surface area contributed by atoms with Crippen molar-refractivity contribution in [2.75, 3.05) is 23.4 Å². The highest BCUT2D eigenvalue weighted by molar-refractivity contribution is 8.06. The maximum Gasteiger partial charge on any atom is 0.447 e. The summed E-state index contributed by atoms with van der Waals surface area (Å²) in [6.45, 7) is 2.07. The maximum atomic E-state index is 13.4. The average Bonchev–Trinajstić information content (AvgIpc) is 3.58. The number of rotatable bonds is 19. The third-order valence-corrected chi connectivity index (χ3v) is 8.17. The lowest BCUT2D eigenvalue weighted by atomic mass is 10.0. The predicted octanol–water partition coefficient (Wildman–Crippen LogP) is 5.25. The number of nitrogens with one attached hydrogen (secondary N) is 3. The molecule has 0 saturated heterocycles. The summed E-state index contributed by atoms with van der Waals surface area (Å²) in [5.74, 6) is -4.71. The molecule has 0 radical (unpaired) electrons. The molecule has 51 heavy (non-hydrogen) atoms. The van der Waals surface area contributed by atoms with Crippen molar-refractivity contribution in [3.05, 3.63) is 82.3 Å². The summed E-state index contributed by atoms with van der Waals surface area (Å²) >= 11 is 6.12. The highest BCUT2D eigenvalue weighted by Crippen LogP contribution is 2.31. The molecule has 0 fully saturated rings. The van der Waals surface area contributed by atoms with Crippen molar-refractivity contribution in [2.24, 2.45) is 0 Å². The van der Waals surface area contributed by atoms with E-state index < -0.39 is 75.2 Å². The summed E-state index contributed by atoms with van der Waals surface area (Å²) in [5, 5.41) is 13.2. The molecule has 0 aliphatic heterocycles. The normalized spacial score (nSPS) is 12.3. The largest absolute Gasteiger partial charge is 0.478 e. The minimum atomic E-state index is -4.92. The number of carboxylic acid groups (broad SMARTS) is 1. The number of carboxylic acids is 1. The van der Waals surface area contributed by atoms with Crippen LogP contribution < -0.4 is 15.4 Å². The van der Waals surface area contributed by atoms with E-state index in [1.165, 1.54) is 13.2 Å². The number of benzene rings is 2. The van der Waals surface area contributed by atoms with Crippen LogP contribution in [0.15, 0.2) is 53.1 Å². The number of anilines is 2. The SMILES string of the molecule is CC(COC(=O)CCCCC(=O)OCOC(=O)S(=O)(=O)Nc1cc(C(=O)O)c(NCc2ccco2)cc1Cl)NC(C)C(=O)c1cc(F)cc(F)c1. The van der Waals surface area contributed by atoms with Crippen LogP contribution in [0.1, 0.15) is 66.0 Å². The van der Waals surface area contributed by atoms with Crippen molar-refractivity contribution in [1.82, 2.24) is 5.32 Å². The number of sulfonamides is 1. The number of unbranched alkanes of at least 4 members (excludes halogenated alkanes) is 1. The van der Waals surface area contributed by atoms with Crippen LogP contribution in [0.4, 0.5) is 25.0 Å². The van der Waals surface area contributed by atoms with E-state index in [4.69, 9.17) is 25.5 Å². The number of carbonyl (C=O) groups is 5. The Morgan fingerprint density at radius 3 is 2.18 bits per heavy atom.